The maximum atomic E-state index is 9.34. The molecule has 0 saturated carbocycles. The highest BCUT2D eigenvalue weighted by atomic mass is 35.5. The van der Waals surface area contributed by atoms with Crippen LogP contribution in [0.3, 0.4) is 0 Å². The Morgan fingerprint density at radius 1 is 0.879 bits per heavy atom. The van der Waals surface area contributed by atoms with Crippen molar-refractivity contribution in [3.8, 4) is 17.2 Å². The van der Waals surface area contributed by atoms with Gasteiger partial charge >= 0.3 is 0 Å². The van der Waals surface area contributed by atoms with Gasteiger partial charge in [-0.15, -0.1) is 0 Å². The molecular weight excluding hydrogens is 442 g/mol. The van der Waals surface area contributed by atoms with Gasteiger partial charge in [0.2, 0.25) is 0 Å². The van der Waals surface area contributed by atoms with E-state index in [1.54, 1.807) is 6.92 Å². The first-order chi connectivity index (χ1) is 16.1. The van der Waals surface area contributed by atoms with Gasteiger partial charge in [-0.2, -0.15) is 0 Å². The van der Waals surface area contributed by atoms with E-state index < -0.39 is 29.4 Å². The van der Waals surface area contributed by atoms with E-state index >= 15 is 0 Å². The number of para-hydroxylation sites is 3. The van der Waals surface area contributed by atoms with Gasteiger partial charge in [-0.3, -0.25) is 0 Å². The maximum absolute atomic E-state index is 9.34. The normalized spacial score (nSPS) is 26.6. The van der Waals surface area contributed by atoms with E-state index in [0.717, 1.165) is 0 Å². The number of azide groups is 1. The molecule has 0 spiro atoms. The third kappa shape index (κ3) is 5.71. The fourth-order valence-corrected chi connectivity index (χ4v) is 4.03. The molecule has 4 rings (SSSR count). The number of hydrogen-bond donors (Lipinski definition) is 0. The summed E-state index contributed by atoms with van der Waals surface area (Å²) in [4.78, 5) is 3.06. The molecule has 1 aliphatic heterocycles. The van der Waals surface area contributed by atoms with Crippen LogP contribution in [-0.2, 0) is 4.74 Å². The fourth-order valence-electron chi connectivity index (χ4n) is 3.75. The van der Waals surface area contributed by atoms with Gasteiger partial charge in [0, 0.05) is 4.91 Å². The van der Waals surface area contributed by atoms with Crippen molar-refractivity contribution in [3.05, 3.63) is 101 Å². The zero-order valence-corrected chi connectivity index (χ0v) is 18.8. The summed E-state index contributed by atoms with van der Waals surface area (Å²) in [5, 5.41) is 2.73. The van der Waals surface area contributed by atoms with Crippen molar-refractivity contribution in [3.63, 3.8) is 0 Å². The molecule has 3 aromatic carbocycles. The van der Waals surface area contributed by atoms with E-state index in [4.69, 9.17) is 30.5 Å². The molecule has 0 aliphatic carbocycles. The minimum atomic E-state index is -1.29. The first kappa shape index (κ1) is 22.8. The molecule has 1 heterocycles. The largest absolute Gasteiger partial charge is 0.491 e. The standard InChI is InChI=1S/C25H24ClN3O4/c1-25(26)24(32-20-15-9-4-10-16-20)23(31-19-13-7-3-8-14-19)22(28-29-27)21(33-25)17-30-18-11-5-2-6-12-18/h2-16,21-24H,17H2,1H3/t21-,22-,23+,24-,25-/m1/s1. The number of ether oxygens (including phenoxy) is 4. The number of nitrogens with zero attached hydrogens (tertiary/aromatic N) is 3. The van der Waals surface area contributed by atoms with Crippen LogP contribution in [0.5, 0.6) is 17.2 Å². The monoisotopic (exact) mass is 465 g/mol. The Morgan fingerprint density at radius 3 is 1.94 bits per heavy atom. The van der Waals surface area contributed by atoms with E-state index in [1.807, 2.05) is 91.0 Å². The highest BCUT2D eigenvalue weighted by molar-refractivity contribution is 6.23. The van der Waals surface area contributed by atoms with Crippen molar-refractivity contribution in [2.24, 2.45) is 5.11 Å². The molecule has 7 nitrogen and oxygen atoms in total. The number of alkyl halides is 1. The number of benzene rings is 3. The second-order valence-corrected chi connectivity index (χ2v) is 8.46. The quantitative estimate of drug-likeness (QED) is 0.177. The van der Waals surface area contributed by atoms with Crippen LogP contribution < -0.4 is 14.2 Å². The van der Waals surface area contributed by atoms with Crippen molar-refractivity contribution in [1.82, 2.24) is 0 Å². The third-order valence-electron chi connectivity index (χ3n) is 5.27. The summed E-state index contributed by atoms with van der Waals surface area (Å²) in [5.41, 5.74) is 9.34. The molecule has 0 aromatic heterocycles. The fraction of sp³-hybridized carbons (Fsp3) is 0.280. The van der Waals surface area contributed by atoms with Crippen LogP contribution in [0.1, 0.15) is 6.92 Å². The molecule has 0 N–H and O–H groups in total. The lowest BCUT2D eigenvalue weighted by Crippen LogP contribution is -2.65. The van der Waals surface area contributed by atoms with Crippen LogP contribution >= 0.6 is 11.6 Å². The zero-order valence-electron chi connectivity index (χ0n) is 18.0. The van der Waals surface area contributed by atoms with Crippen molar-refractivity contribution in [2.45, 2.75) is 36.3 Å². The predicted molar refractivity (Wildman–Crippen MR) is 126 cm³/mol. The van der Waals surface area contributed by atoms with Crippen LogP contribution in [0, 0.1) is 0 Å². The summed E-state index contributed by atoms with van der Waals surface area (Å²) in [6, 6.07) is 27.1. The Balaban J connectivity index is 1.66. The minimum absolute atomic E-state index is 0.114. The first-order valence-electron chi connectivity index (χ1n) is 10.6. The lowest BCUT2D eigenvalue weighted by molar-refractivity contribution is -0.183. The third-order valence-corrected chi connectivity index (χ3v) is 5.57. The average Bonchev–Trinajstić information content (AvgIpc) is 2.84. The molecule has 1 saturated heterocycles. The SMILES string of the molecule is C[C@@]1(Cl)O[C@H](COc2ccccc2)[C@@H](N=[N+]=[N-])[C@H](Oc2ccccc2)[C@H]1Oc1ccccc1. The Hall–Kier alpha value is -3.38. The van der Waals surface area contributed by atoms with Gasteiger partial charge in [-0.25, -0.2) is 0 Å². The van der Waals surface area contributed by atoms with E-state index in [9.17, 15) is 5.53 Å². The molecule has 5 atom stereocenters. The van der Waals surface area contributed by atoms with E-state index in [2.05, 4.69) is 10.0 Å². The van der Waals surface area contributed by atoms with Gasteiger partial charge in [-0.1, -0.05) is 71.3 Å². The predicted octanol–water partition coefficient (Wildman–Crippen LogP) is 5.99. The molecule has 0 amide bonds. The number of rotatable bonds is 8. The highest BCUT2D eigenvalue weighted by Crippen LogP contribution is 2.39. The highest BCUT2D eigenvalue weighted by Gasteiger charge is 2.54. The topological polar surface area (TPSA) is 85.7 Å². The molecule has 1 fully saturated rings. The molecule has 8 heteroatoms. The van der Waals surface area contributed by atoms with Crippen LogP contribution in [0.2, 0.25) is 0 Å². The van der Waals surface area contributed by atoms with Crippen LogP contribution in [0.15, 0.2) is 96.1 Å². The van der Waals surface area contributed by atoms with Gasteiger partial charge in [0.05, 0.1) is 0 Å². The second-order valence-electron chi connectivity index (χ2n) is 7.71. The summed E-state index contributed by atoms with van der Waals surface area (Å²) in [7, 11) is 0. The van der Waals surface area contributed by atoms with Gasteiger partial charge in [-0.05, 0) is 48.9 Å². The van der Waals surface area contributed by atoms with Crippen LogP contribution in [-0.4, -0.2) is 36.0 Å². The van der Waals surface area contributed by atoms with Crippen molar-refractivity contribution in [1.29, 1.82) is 0 Å². The second kappa shape index (κ2) is 10.5. The minimum Gasteiger partial charge on any atom is -0.491 e. The van der Waals surface area contributed by atoms with Gasteiger partial charge in [0.15, 0.2) is 17.3 Å². The smallest absolute Gasteiger partial charge is 0.179 e. The zero-order chi connectivity index (χ0) is 23.1. The van der Waals surface area contributed by atoms with Gasteiger partial charge < -0.3 is 18.9 Å². The summed E-state index contributed by atoms with van der Waals surface area (Å²) in [6.07, 6.45) is -2.21. The molecule has 0 bridgehead atoms. The molecule has 0 radical (unpaired) electrons. The van der Waals surface area contributed by atoms with E-state index in [-0.39, 0.29) is 6.61 Å². The van der Waals surface area contributed by atoms with Gasteiger partial charge in [0.1, 0.15) is 36.0 Å². The average molecular weight is 466 g/mol. The molecule has 1 aliphatic rings. The Bertz CT molecular complexity index is 1060. The Labute approximate surface area is 197 Å². The summed E-state index contributed by atoms with van der Waals surface area (Å²) in [6.45, 7) is 1.83. The molecule has 3 aromatic rings. The first-order valence-corrected chi connectivity index (χ1v) is 11.0. The Morgan fingerprint density at radius 2 is 1.39 bits per heavy atom. The Kier molecular flexibility index (Phi) is 7.25. The maximum Gasteiger partial charge on any atom is 0.179 e. The van der Waals surface area contributed by atoms with Crippen LogP contribution in [0.4, 0.5) is 0 Å². The number of hydrogen-bond acceptors (Lipinski definition) is 5. The van der Waals surface area contributed by atoms with E-state index in [1.165, 1.54) is 0 Å². The molecule has 33 heavy (non-hydrogen) atoms. The van der Waals surface area contributed by atoms with Crippen molar-refractivity contribution >= 4 is 11.6 Å². The molecule has 170 valence electrons. The van der Waals surface area contributed by atoms with Gasteiger partial charge in [0.25, 0.3) is 0 Å². The summed E-state index contributed by atoms with van der Waals surface area (Å²) >= 11 is 6.87. The summed E-state index contributed by atoms with van der Waals surface area (Å²) < 4.78 is 24.6. The molecular formula is C25H24ClN3O4. The van der Waals surface area contributed by atoms with Crippen LogP contribution in [0.25, 0.3) is 10.4 Å². The number of halogens is 1. The molecule has 0 unspecified atom stereocenters. The lowest BCUT2D eigenvalue weighted by atomic mass is 9.93. The summed E-state index contributed by atoms with van der Waals surface area (Å²) in [5.74, 6) is 1.86. The van der Waals surface area contributed by atoms with Crippen molar-refractivity contribution in [2.75, 3.05) is 6.61 Å². The van der Waals surface area contributed by atoms with E-state index in [0.29, 0.717) is 17.2 Å². The van der Waals surface area contributed by atoms with Crippen molar-refractivity contribution < 1.29 is 18.9 Å². The lowest BCUT2D eigenvalue weighted by Gasteiger charge is -2.47.